The number of fused-ring (bicyclic) bond motifs is 1. The summed E-state index contributed by atoms with van der Waals surface area (Å²) in [5.41, 5.74) is 0.570. The first-order valence-electron chi connectivity index (χ1n) is 3.89. The Bertz CT molecular complexity index is 474. The first-order valence-corrected chi connectivity index (χ1v) is 4.68. The quantitative estimate of drug-likeness (QED) is 0.771. The molecule has 0 aromatic heterocycles. The van der Waals surface area contributed by atoms with E-state index in [0.29, 0.717) is 10.0 Å². The number of carbonyl (C=O) groups is 2. The Morgan fingerprint density at radius 2 is 1.86 bits per heavy atom. The Morgan fingerprint density at radius 3 is 2.57 bits per heavy atom. The normalized spacial score (nSPS) is 15.1. The molecule has 1 aliphatic carbocycles. The van der Waals surface area contributed by atoms with Gasteiger partial charge in [0.15, 0.2) is 11.5 Å². The van der Waals surface area contributed by atoms with Gasteiger partial charge < -0.3 is 5.11 Å². The van der Waals surface area contributed by atoms with Crippen LogP contribution >= 0.6 is 15.9 Å². The maximum atomic E-state index is 11.4. The molecule has 0 aliphatic heterocycles. The lowest BCUT2D eigenvalue weighted by molar-refractivity contribution is 0.0939. The average Bonchev–Trinajstić information content (AvgIpc) is 2.14. The fraction of sp³-hybridized carbons (Fsp3) is 0. The lowest BCUT2D eigenvalue weighted by Gasteiger charge is -2.10. The van der Waals surface area contributed by atoms with Gasteiger partial charge in [0.2, 0.25) is 5.78 Å². The van der Waals surface area contributed by atoms with Crippen molar-refractivity contribution in [3.05, 3.63) is 45.6 Å². The third-order valence-electron chi connectivity index (χ3n) is 1.99. The predicted octanol–water partition coefficient (Wildman–Crippen LogP) is 2.27. The van der Waals surface area contributed by atoms with Gasteiger partial charge in [-0.25, -0.2) is 0 Å². The molecule has 0 amide bonds. The van der Waals surface area contributed by atoms with Crippen LogP contribution in [0, 0.1) is 0 Å². The molecule has 1 N–H and O–H groups in total. The van der Waals surface area contributed by atoms with E-state index in [1.165, 1.54) is 6.07 Å². The van der Waals surface area contributed by atoms with Gasteiger partial charge in [0, 0.05) is 21.7 Å². The van der Waals surface area contributed by atoms with Crippen LogP contribution in [0.2, 0.25) is 0 Å². The van der Waals surface area contributed by atoms with Crippen LogP contribution in [-0.2, 0) is 0 Å². The van der Waals surface area contributed by atoms with Gasteiger partial charge in [0.1, 0.15) is 0 Å². The molecule has 0 unspecified atom stereocenters. The molecule has 0 saturated heterocycles. The van der Waals surface area contributed by atoms with Crippen LogP contribution in [0.3, 0.4) is 0 Å². The van der Waals surface area contributed by atoms with Gasteiger partial charge in [-0.05, 0) is 18.2 Å². The molecule has 0 bridgehead atoms. The molecule has 1 aromatic carbocycles. The molecule has 0 heterocycles. The third kappa shape index (κ3) is 1.28. The van der Waals surface area contributed by atoms with Gasteiger partial charge in [-0.3, -0.25) is 9.59 Å². The largest absolute Gasteiger partial charge is 0.504 e. The zero-order valence-corrected chi connectivity index (χ0v) is 8.54. The molecule has 1 aromatic rings. The Hall–Kier alpha value is -1.42. The van der Waals surface area contributed by atoms with Gasteiger partial charge in [0.25, 0.3) is 0 Å². The summed E-state index contributed by atoms with van der Waals surface area (Å²) < 4.78 is 0.701. The molecular weight excluding hydrogens is 248 g/mol. The molecule has 0 saturated carbocycles. The maximum absolute atomic E-state index is 11.4. The van der Waals surface area contributed by atoms with Crippen molar-refractivity contribution < 1.29 is 14.7 Å². The second-order valence-electron chi connectivity index (χ2n) is 2.91. The fourth-order valence-electron chi connectivity index (χ4n) is 1.32. The SMILES string of the molecule is O=C1C=C(O)C(=O)c2cc(Br)ccc21. The summed E-state index contributed by atoms with van der Waals surface area (Å²) in [4.78, 5) is 22.8. The van der Waals surface area contributed by atoms with E-state index in [0.717, 1.165) is 6.08 Å². The minimum atomic E-state index is -0.513. The first-order chi connectivity index (χ1) is 6.59. The highest BCUT2D eigenvalue weighted by Gasteiger charge is 2.24. The van der Waals surface area contributed by atoms with Crippen molar-refractivity contribution in [1.29, 1.82) is 0 Å². The van der Waals surface area contributed by atoms with Crippen LogP contribution in [-0.4, -0.2) is 16.7 Å². The fourth-order valence-corrected chi connectivity index (χ4v) is 1.69. The molecule has 0 radical (unpaired) electrons. The lowest BCUT2D eigenvalue weighted by atomic mass is 9.94. The van der Waals surface area contributed by atoms with Gasteiger partial charge in [-0.15, -0.1) is 0 Å². The van der Waals surface area contributed by atoms with Crippen molar-refractivity contribution in [3.8, 4) is 0 Å². The number of aliphatic hydroxyl groups is 1. The number of allylic oxidation sites excluding steroid dienone is 2. The smallest absolute Gasteiger partial charge is 0.228 e. The number of aliphatic hydroxyl groups excluding tert-OH is 1. The second-order valence-corrected chi connectivity index (χ2v) is 3.83. The molecule has 4 heteroatoms. The number of Topliss-reactive ketones (excluding diaryl/α,β-unsaturated/α-hetero) is 1. The summed E-state index contributed by atoms with van der Waals surface area (Å²) in [6.45, 7) is 0. The zero-order chi connectivity index (χ0) is 10.3. The Labute approximate surface area is 88.2 Å². The Balaban J connectivity index is 2.69. The summed E-state index contributed by atoms with van der Waals surface area (Å²) in [6, 6.07) is 4.77. The summed E-state index contributed by atoms with van der Waals surface area (Å²) in [7, 11) is 0. The summed E-state index contributed by atoms with van der Waals surface area (Å²) >= 11 is 3.19. The molecule has 1 aliphatic rings. The highest BCUT2D eigenvalue weighted by Crippen LogP contribution is 2.23. The Morgan fingerprint density at radius 1 is 1.14 bits per heavy atom. The van der Waals surface area contributed by atoms with Crippen LogP contribution in [0.4, 0.5) is 0 Å². The van der Waals surface area contributed by atoms with E-state index >= 15 is 0 Å². The standard InChI is InChI=1S/C10H5BrO3/c11-5-1-2-6-7(3-5)10(14)9(13)4-8(6)12/h1-4,13H. The zero-order valence-electron chi connectivity index (χ0n) is 6.95. The third-order valence-corrected chi connectivity index (χ3v) is 2.49. The highest BCUT2D eigenvalue weighted by molar-refractivity contribution is 9.10. The second kappa shape index (κ2) is 3.06. The van der Waals surface area contributed by atoms with E-state index in [2.05, 4.69) is 15.9 Å². The number of hydrogen-bond acceptors (Lipinski definition) is 3. The van der Waals surface area contributed by atoms with E-state index in [1.807, 2.05) is 0 Å². The van der Waals surface area contributed by atoms with Crippen LogP contribution in [0.15, 0.2) is 34.5 Å². The summed E-state index contributed by atoms with van der Waals surface area (Å²) in [5, 5.41) is 9.16. The monoisotopic (exact) mass is 252 g/mol. The number of hydrogen-bond donors (Lipinski definition) is 1. The number of benzene rings is 1. The van der Waals surface area contributed by atoms with Crippen LogP contribution in [0.1, 0.15) is 20.7 Å². The molecule has 14 heavy (non-hydrogen) atoms. The Kier molecular flexibility index (Phi) is 2.00. The predicted molar refractivity (Wildman–Crippen MR) is 53.5 cm³/mol. The van der Waals surface area contributed by atoms with Crippen LogP contribution in [0.5, 0.6) is 0 Å². The van der Waals surface area contributed by atoms with Gasteiger partial charge in [0.05, 0.1) is 0 Å². The molecular formula is C10H5BrO3. The molecule has 0 atom stereocenters. The number of rotatable bonds is 0. The number of ketones is 2. The number of carbonyl (C=O) groups excluding carboxylic acids is 2. The molecule has 0 fully saturated rings. The maximum Gasteiger partial charge on any atom is 0.228 e. The van der Waals surface area contributed by atoms with Crippen molar-refractivity contribution in [2.45, 2.75) is 0 Å². The average molecular weight is 253 g/mol. The minimum Gasteiger partial charge on any atom is -0.504 e. The van der Waals surface area contributed by atoms with Crippen LogP contribution < -0.4 is 0 Å². The van der Waals surface area contributed by atoms with Crippen molar-refractivity contribution in [3.63, 3.8) is 0 Å². The van der Waals surface area contributed by atoms with Gasteiger partial charge in [-0.1, -0.05) is 15.9 Å². The van der Waals surface area contributed by atoms with E-state index in [1.54, 1.807) is 12.1 Å². The van der Waals surface area contributed by atoms with Gasteiger partial charge >= 0.3 is 0 Å². The van der Waals surface area contributed by atoms with Gasteiger partial charge in [-0.2, -0.15) is 0 Å². The molecule has 0 spiro atoms. The van der Waals surface area contributed by atoms with Crippen molar-refractivity contribution in [2.75, 3.05) is 0 Å². The molecule has 3 nitrogen and oxygen atoms in total. The topological polar surface area (TPSA) is 54.4 Å². The first kappa shape index (κ1) is 9.15. The van der Waals surface area contributed by atoms with E-state index < -0.39 is 11.5 Å². The van der Waals surface area contributed by atoms with Crippen molar-refractivity contribution in [1.82, 2.24) is 0 Å². The number of halogens is 1. The highest BCUT2D eigenvalue weighted by atomic mass is 79.9. The molecule has 2 rings (SSSR count). The summed E-state index contributed by atoms with van der Waals surface area (Å²) in [6.07, 6.45) is 0.943. The summed E-state index contributed by atoms with van der Waals surface area (Å²) in [5.74, 6) is -1.36. The van der Waals surface area contributed by atoms with E-state index in [4.69, 9.17) is 5.11 Å². The lowest BCUT2D eigenvalue weighted by Crippen LogP contribution is -2.16. The molecule has 70 valence electrons. The minimum absolute atomic E-state index is 0.240. The van der Waals surface area contributed by atoms with Crippen LogP contribution in [0.25, 0.3) is 0 Å². The van der Waals surface area contributed by atoms with Crippen molar-refractivity contribution >= 4 is 27.5 Å². The van der Waals surface area contributed by atoms with E-state index in [9.17, 15) is 9.59 Å². The van der Waals surface area contributed by atoms with E-state index in [-0.39, 0.29) is 11.3 Å². The van der Waals surface area contributed by atoms with Crippen molar-refractivity contribution in [2.24, 2.45) is 0 Å².